The van der Waals surface area contributed by atoms with Crippen molar-refractivity contribution in [3.8, 4) is 0 Å². The van der Waals surface area contributed by atoms with Crippen molar-refractivity contribution < 1.29 is 19.4 Å². The van der Waals surface area contributed by atoms with Crippen LogP contribution in [0.4, 0.5) is 0 Å². The number of nitrogens with one attached hydrogen (secondary N) is 1. The number of carboxylic acids is 1. The predicted octanol–water partition coefficient (Wildman–Crippen LogP) is 1.10. The Morgan fingerprint density at radius 2 is 1.86 bits per heavy atom. The van der Waals surface area contributed by atoms with Gasteiger partial charge in [-0.15, -0.1) is 0 Å². The molecule has 2 N–H and O–H groups in total. The van der Waals surface area contributed by atoms with Gasteiger partial charge in [0.1, 0.15) is 6.04 Å². The van der Waals surface area contributed by atoms with Crippen LogP contribution in [-0.2, 0) is 14.3 Å². The van der Waals surface area contributed by atoms with Gasteiger partial charge in [-0.1, -0.05) is 13.8 Å². The van der Waals surface area contributed by atoms with E-state index in [4.69, 9.17) is 9.84 Å². The van der Waals surface area contributed by atoms with Crippen LogP contribution in [0.1, 0.15) is 40.5 Å². The highest BCUT2D eigenvalue weighted by Crippen LogP contribution is 2.11. The average Bonchev–Trinajstić information content (AvgIpc) is 2.33. The number of nitrogens with zero attached hydrogens (tertiary/aromatic N) is 1. The summed E-state index contributed by atoms with van der Waals surface area (Å²) in [4.78, 5) is 25.2. The maximum atomic E-state index is 11.9. The third kappa shape index (κ3) is 6.91. The molecule has 0 aromatic carbocycles. The normalized spacial score (nSPS) is 24.8. The fourth-order valence-electron chi connectivity index (χ4n) is 2.69. The summed E-state index contributed by atoms with van der Waals surface area (Å²) in [7, 11) is 0. The van der Waals surface area contributed by atoms with Gasteiger partial charge in [0.05, 0.1) is 12.2 Å². The molecule has 6 heteroatoms. The fourth-order valence-corrected chi connectivity index (χ4v) is 2.69. The lowest BCUT2D eigenvalue weighted by atomic mass is 10.0. The monoisotopic (exact) mass is 300 g/mol. The molecule has 3 atom stereocenters. The van der Waals surface area contributed by atoms with E-state index in [-0.39, 0.29) is 24.0 Å². The largest absolute Gasteiger partial charge is 0.480 e. The van der Waals surface area contributed by atoms with Crippen molar-refractivity contribution >= 4 is 11.9 Å². The van der Waals surface area contributed by atoms with Crippen molar-refractivity contribution in [2.75, 3.05) is 19.6 Å². The highest BCUT2D eigenvalue weighted by atomic mass is 16.5. The minimum Gasteiger partial charge on any atom is -0.480 e. The van der Waals surface area contributed by atoms with Gasteiger partial charge in [0.2, 0.25) is 5.91 Å². The predicted molar refractivity (Wildman–Crippen MR) is 80.1 cm³/mol. The summed E-state index contributed by atoms with van der Waals surface area (Å²) >= 11 is 0. The van der Waals surface area contributed by atoms with Gasteiger partial charge >= 0.3 is 5.97 Å². The first-order valence-corrected chi connectivity index (χ1v) is 7.68. The number of carboxylic acid groups (broad SMARTS) is 1. The molecule has 1 aliphatic heterocycles. The third-order valence-electron chi connectivity index (χ3n) is 3.49. The van der Waals surface area contributed by atoms with E-state index >= 15 is 0 Å². The molecular formula is C15H28N2O4. The summed E-state index contributed by atoms with van der Waals surface area (Å²) in [6.45, 7) is 10.2. The molecule has 1 amide bonds. The van der Waals surface area contributed by atoms with Gasteiger partial charge in [-0.05, 0) is 26.2 Å². The van der Waals surface area contributed by atoms with Gasteiger partial charge in [-0.25, -0.2) is 4.79 Å². The van der Waals surface area contributed by atoms with Gasteiger partial charge < -0.3 is 15.2 Å². The Kier molecular flexibility index (Phi) is 7.11. The number of hydrogen-bond acceptors (Lipinski definition) is 4. The lowest BCUT2D eigenvalue weighted by Crippen LogP contribution is -2.47. The van der Waals surface area contributed by atoms with Gasteiger partial charge in [0.25, 0.3) is 0 Å². The van der Waals surface area contributed by atoms with E-state index in [2.05, 4.69) is 10.2 Å². The summed E-state index contributed by atoms with van der Waals surface area (Å²) in [5.41, 5.74) is 0. The number of ether oxygens (including phenoxy) is 1. The highest BCUT2D eigenvalue weighted by Gasteiger charge is 2.24. The van der Waals surface area contributed by atoms with Gasteiger partial charge in [-0.3, -0.25) is 9.69 Å². The molecule has 0 aliphatic carbocycles. The van der Waals surface area contributed by atoms with E-state index in [1.165, 1.54) is 0 Å². The molecule has 3 unspecified atom stereocenters. The van der Waals surface area contributed by atoms with Crippen LogP contribution < -0.4 is 5.32 Å². The van der Waals surface area contributed by atoms with Crippen molar-refractivity contribution in [1.82, 2.24) is 10.2 Å². The smallest absolute Gasteiger partial charge is 0.326 e. The lowest BCUT2D eigenvalue weighted by Gasteiger charge is -2.35. The van der Waals surface area contributed by atoms with Gasteiger partial charge in [-0.2, -0.15) is 0 Å². The molecule has 1 fully saturated rings. The molecule has 6 nitrogen and oxygen atoms in total. The lowest BCUT2D eigenvalue weighted by molar-refractivity contribution is -0.142. The van der Waals surface area contributed by atoms with Crippen LogP contribution >= 0.6 is 0 Å². The van der Waals surface area contributed by atoms with Crippen molar-refractivity contribution in [1.29, 1.82) is 0 Å². The van der Waals surface area contributed by atoms with E-state index in [9.17, 15) is 9.59 Å². The number of aliphatic carboxylic acids is 1. The van der Waals surface area contributed by atoms with E-state index in [0.717, 1.165) is 13.1 Å². The zero-order chi connectivity index (χ0) is 16.0. The standard InChI is InChI=1S/C15H28N2O4/c1-10(2)7-13(15(19)20)16-14(18)5-6-17-8-11(3)21-12(4)9-17/h10-13H,5-9H2,1-4H3,(H,16,18)(H,19,20). The fraction of sp³-hybridized carbons (Fsp3) is 0.867. The summed E-state index contributed by atoms with van der Waals surface area (Å²) < 4.78 is 5.64. The number of carbonyl (C=O) groups excluding carboxylic acids is 1. The van der Waals surface area contributed by atoms with Crippen molar-refractivity contribution in [2.45, 2.75) is 58.8 Å². The topological polar surface area (TPSA) is 78.9 Å². The van der Waals surface area contributed by atoms with Crippen LogP contribution in [0.2, 0.25) is 0 Å². The molecule has 0 bridgehead atoms. The van der Waals surface area contributed by atoms with E-state index < -0.39 is 12.0 Å². The molecule has 0 aromatic rings. The molecule has 1 saturated heterocycles. The second-order valence-electron chi connectivity index (χ2n) is 6.35. The van der Waals surface area contributed by atoms with Gasteiger partial charge in [0, 0.05) is 26.1 Å². The SMILES string of the molecule is CC(C)CC(NC(=O)CCN1CC(C)OC(C)C1)C(=O)O. The molecule has 1 aliphatic rings. The summed E-state index contributed by atoms with van der Waals surface area (Å²) in [5, 5.41) is 11.7. The molecule has 0 radical (unpaired) electrons. The Bertz CT molecular complexity index is 350. The maximum Gasteiger partial charge on any atom is 0.326 e. The van der Waals surface area contributed by atoms with Crippen LogP contribution in [0.3, 0.4) is 0 Å². The zero-order valence-electron chi connectivity index (χ0n) is 13.5. The first-order valence-electron chi connectivity index (χ1n) is 7.68. The first-order chi connectivity index (χ1) is 9.77. The highest BCUT2D eigenvalue weighted by molar-refractivity contribution is 5.83. The van der Waals surface area contributed by atoms with Crippen molar-refractivity contribution in [2.24, 2.45) is 5.92 Å². The summed E-state index contributed by atoms with van der Waals surface area (Å²) in [5.74, 6) is -0.937. The molecule has 21 heavy (non-hydrogen) atoms. The van der Waals surface area contributed by atoms with Gasteiger partial charge in [0.15, 0.2) is 0 Å². The van der Waals surface area contributed by atoms with E-state index in [0.29, 0.717) is 19.4 Å². The van der Waals surface area contributed by atoms with Crippen LogP contribution in [-0.4, -0.2) is 59.8 Å². The minimum atomic E-state index is -0.967. The molecule has 1 heterocycles. The molecule has 0 aromatic heterocycles. The van der Waals surface area contributed by atoms with Crippen LogP contribution in [0.15, 0.2) is 0 Å². The molecule has 1 rings (SSSR count). The Morgan fingerprint density at radius 3 is 2.33 bits per heavy atom. The van der Waals surface area contributed by atoms with Crippen molar-refractivity contribution in [3.05, 3.63) is 0 Å². The number of rotatable bonds is 7. The van der Waals surface area contributed by atoms with Crippen molar-refractivity contribution in [3.63, 3.8) is 0 Å². The Morgan fingerprint density at radius 1 is 1.29 bits per heavy atom. The average molecular weight is 300 g/mol. The third-order valence-corrected chi connectivity index (χ3v) is 3.49. The Balaban J connectivity index is 2.37. The number of morpholine rings is 1. The number of carbonyl (C=O) groups is 2. The number of hydrogen-bond donors (Lipinski definition) is 2. The van der Waals surface area contributed by atoms with E-state index in [1.807, 2.05) is 27.7 Å². The minimum absolute atomic E-state index is 0.171. The molecular weight excluding hydrogens is 272 g/mol. The second-order valence-corrected chi connectivity index (χ2v) is 6.35. The van der Waals surface area contributed by atoms with E-state index in [1.54, 1.807) is 0 Å². The maximum absolute atomic E-state index is 11.9. The Labute approximate surface area is 126 Å². The summed E-state index contributed by atoms with van der Waals surface area (Å²) in [6, 6.07) is -0.792. The molecule has 0 saturated carbocycles. The Hall–Kier alpha value is -1.14. The zero-order valence-corrected chi connectivity index (χ0v) is 13.5. The van der Waals surface area contributed by atoms with Crippen LogP contribution in [0, 0.1) is 5.92 Å². The summed E-state index contributed by atoms with van der Waals surface area (Å²) in [6.07, 6.45) is 1.11. The molecule has 0 spiro atoms. The first kappa shape index (κ1) is 17.9. The quantitative estimate of drug-likeness (QED) is 0.736. The number of amides is 1. The molecule has 122 valence electrons. The van der Waals surface area contributed by atoms with Crippen LogP contribution in [0.5, 0.6) is 0 Å². The van der Waals surface area contributed by atoms with Crippen LogP contribution in [0.25, 0.3) is 0 Å². The second kappa shape index (κ2) is 8.34.